The molecule has 0 saturated heterocycles. The van der Waals surface area contributed by atoms with Gasteiger partial charge in [0.05, 0.1) is 6.10 Å². The molecule has 0 aliphatic carbocycles. The van der Waals surface area contributed by atoms with Crippen molar-refractivity contribution in [3.63, 3.8) is 0 Å². The first kappa shape index (κ1) is 15.6. The number of amides is 1. The molecule has 0 bridgehead atoms. The van der Waals surface area contributed by atoms with Gasteiger partial charge in [-0.15, -0.1) is 0 Å². The predicted octanol–water partition coefficient (Wildman–Crippen LogP) is 1.26. The smallest absolute Gasteiger partial charge is 0.227 e. The fraction of sp³-hybridized carbons (Fsp3) is 0.769. The number of aliphatic hydroxyl groups excluding tert-OH is 1. The molecule has 1 aromatic rings. The van der Waals surface area contributed by atoms with Gasteiger partial charge in [0.15, 0.2) is 5.82 Å². The van der Waals surface area contributed by atoms with E-state index in [2.05, 4.69) is 15.5 Å². The van der Waals surface area contributed by atoms with Crippen molar-refractivity contribution in [2.75, 3.05) is 6.54 Å². The van der Waals surface area contributed by atoms with Gasteiger partial charge in [0.1, 0.15) is 0 Å². The number of nitrogens with zero attached hydrogens (tertiary/aromatic N) is 2. The van der Waals surface area contributed by atoms with E-state index >= 15 is 0 Å². The third-order valence-electron chi connectivity index (χ3n) is 2.84. The first-order chi connectivity index (χ1) is 8.90. The number of carbonyl (C=O) groups excluding carboxylic acids is 1. The van der Waals surface area contributed by atoms with Crippen LogP contribution < -0.4 is 5.32 Å². The zero-order valence-corrected chi connectivity index (χ0v) is 12.0. The molecule has 19 heavy (non-hydrogen) atoms. The fourth-order valence-corrected chi connectivity index (χ4v) is 1.37. The molecule has 0 fully saturated rings. The zero-order chi connectivity index (χ0) is 14.4. The molecule has 108 valence electrons. The summed E-state index contributed by atoms with van der Waals surface area (Å²) in [5.41, 5.74) is 0. The highest BCUT2D eigenvalue weighted by atomic mass is 16.5. The Morgan fingerprint density at radius 1 is 1.37 bits per heavy atom. The van der Waals surface area contributed by atoms with Crippen molar-refractivity contribution in [1.29, 1.82) is 0 Å². The van der Waals surface area contributed by atoms with Crippen LogP contribution in [0.4, 0.5) is 0 Å². The minimum atomic E-state index is -0.514. The number of aromatic nitrogens is 2. The second-order valence-electron chi connectivity index (χ2n) is 5.32. The molecule has 6 nitrogen and oxygen atoms in total. The Balaban J connectivity index is 2.29. The Kier molecular flexibility index (Phi) is 5.95. The van der Waals surface area contributed by atoms with Crippen molar-refractivity contribution < 1.29 is 14.4 Å². The van der Waals surface area contributed by atoms with Crippen LogP contribution >= 0.6 is 0 Å². The van der Waals surface area contributed by atoms with Crippen LogP contribution in [0.15, 0.2) is 4.52 Å². The Morgan fingerprint density at radius 3 is 2.58 bits per heavy atom. The Hall–Kier alpha value is -1.43. The summed E-state index contributed by atoms with van der Waals surface area (Å²) in [5, 5.41) is 16.1. The second kappa shape index (κ2) is 7.23. The van der Waals surface area contributed by atoms with Gasteiger partial charge in [-0.25, -0.2) is 0 Å². The predicted molar refractivity (Wildman–Crippen MR) is 70.6 cm³/mol. The molecule has 1 rings (SSSR count). The normalized spacial score (nSPS) is 13.0. The average molecular weight is 269 g/mol. The molecule has 1 aromatic heterocycles. The van der Waals surface area contributed by atoms with E-state index in [9.17, 15) is 9.90 Å². The van der Waals surface area contributed by atoms with E-state index in [1.807, 2.05) is 27.7 Å². The van der Waals surface area contributed by atoms with Crippen molar-refractivity contribution in [2.24, 2.45) is 5.92 Å². The van der Waals surface area contributed by atoms with Gasteiger partial charge in [0.25, 0.3) is 0 Å². The molecular formula is C13H23N3O3. The minimum absolute atomic E-state index is 0.121. The van der Waals surface area contributed by atoms with Crippen molar-refractivity contribution in [1.82, 2.24) is 15.5 Å². The molecule has 1 unspecified atom stereocenters. The van der Waals surface area contributed by atoms with Crippen LogP contribution in [0, 0.1) is 5.92 Å². The number of hydrogen-bond acceptors (Lipinski definition) is 5. The van der Waals surface area contributed by atoms with E-state index in [4.69, 9.17) is 4.52 Å². The second-order valence-corrected chi connectivity index (χ2v) is 5.32. The van der Waals surface area contributed by atoms with Crippen LogP contribution in [-0.4, -0.2) is 33.8 Å². The molecule has 0 aromatic carbocycles. The number of nitrogens with one attached hydrogen (secondary N) is 1. The lowest BCUT2D eigenvalue weighted by Gasteiger charge is -2.14. The van der Waals surface area contributed by atoms with Crippen LogP contribution in [-0.2, 0) is 11.2 Å². The molecule has 1 heterocycles. The number of aliphatic hydroxyl groups is 1. The van der Waals surface area contributed by atoms with Crippen molar-refractivity contribution >= 4 is 5.91 Å². The fourth-order valence-electron chi connectivity index (χ4n) is 1.37. The van der Waals surface area contributed by atoms with Crippen molar-refractivity contribution in [3.8, 4) is 0 Å². The highest BCUT2D eigenvalue weighted by Gasteiger charge is 2.13. The highest BCUT2D eigenvalue weighted by Crippen LogP contribution is 2.10. The molecule has 6 heteroatoms. The number of aryl methyl sites for hydroxylation is 1. The van der Waals surface area contributed by atoms with Crippen molar-refractivity contribution in [2.45, 2.75) is 52.6 Å². The van der Waals surface area contributed by atoms with E-state index in [-0.39, 0.29) is 30.7 Å². The number of rotatable bonds is 7. The third kappa shape index (κ3) is 5.38. The number of carbonyl (C=O) groups is 1. The summed E-state index contributed by atoms with van der Waals surface area (Å²) < 4.78 is 5.05. The quantitative estimate of drug-likeness (QED) is 0.778. The SMILES string of the molecule is CC(C)c1noc(CCC(=O)NCC(O)C(C)C)n1. The minimum Gasteiger partial charge on any atom is -0.391 e. The summed E-state index contributed by atoms with van der Waals surface area (Å²) in [5.74, 6) is 1.36. The molecule has 0 spiro atoms. The summed E-state index contributed by atoms with van der Waals surface area (Å²) >= 11 is 0. The van der Waals surface area contributed by atoms with Gasteiger partial charge in [-0.1, -0.05) is 32.9 Å². The average Bonchev–Trinajstić information content (AvgIpc) is 2.82. The van der Waals surface area contributed by atoms with E-state index in [1.54, 1.807) is 0 Å². The molecule has 0 saturated carbocycles. The van der Waals surface area contributed by atoms with Crippen LogP contribution in [0.2, 0.25) is 0 Å². The highest BCUT2D eigenvalue weighted by molar-refractivity contribution is 5.76. The Labute approximate surface area is 113 Å². The standard InChI is InChI=1S/C13H23N3O3/c1-8(2)10(17)7-14-11(18)5-6-12-15-13(9(3)4)16-19-12/h8-10,17H,5-7H2,1-4H3,(H,14,18). The maximum absolute atomic E-state index is 11.6. The van der Waals surface area contributed by atoms with Gasteiger partial charge >= 0.3 is 0 Å². The third-order valence-corrected chi connectivity index (χ3v) is 2.84. The largest absolute Gasteiger partial charge is 0.391 e. The van der Waals surface area contributed by atoms with Gasteiger partial charge in [0.2, 0.25) is 11.8 Å². The molecule has 1 amide bonds. The first-order valence-corrected chi connectivity index (χ1v) is 6.67. The van der Waals surface area contributed by atoms with Crippen LogP contribution in [0.5, 0.6) is 0 Å². The summed E-state index contributed by atoms with van der Waals surface area (Å²) in [7, 11) is 0. The van der Waals surface area contributed by atoms with E-state index in [0.29, 0.717) is 18.1 Å². The summed E-state index contributed by atoms with van der Waals surface area (Å²) in [6.07, 6.45) is 0.188. The van der Waals surface area contributed by atoms with Crippen LogP contribution in [0.25, 0.3) is 0 Å². The monoisotopic (exact) mass is 269 g/mol. The molecule has 0 radical (unpaired) electrons. The van der Waals surface area contributed by atoms with E-state index in [1.165, 1.54) is 0 Å². The lowest BCUT2D eigenvalue weighted by atomic mass is 10.1. The van der Waals surface area contributed by atoms with Gasteiger partial charge in [-0.05, 0) is 5.92 Å². The summed E-state index contributed by atoms with van der Waals surface area (Å²) in [4.78, 5) is 15.8. The molecule has 0 aliphatic rings. The maximum Gasteiger partial charge on any atom is 0.227 e. The Morgan fingerprint density at radius 2 is 2.05 bits per heavy atom. The van der Waals surface area contributed by atoms with Gasteiger partial charge in [-0.2, -0.15) is 4.98 Å². The van der Waals surface area contributed by atoms with E-state index < -0.39 is 6.10 Å². The summed E-state index contributed by atoms with van der Waals surface area (Å²) in [6.45, 7) is 8.05. The topological polar surface area (TPSA) is 88.2 Å². The zero-order valence-electron chi connectivity index (χ0n) is 12.0. The lowest BCUT2D eigenvalue weighted by molar-refractivity contribution is -0.121. The van der Waals surface area contributed by atoms with Gasteiger partial charge in [-0.3, -0.25) is 4.79 Å². The van der Waals surface area contributed by atoms with Gasteiger partial charge in [0, 0.05) is 25.3 Å². The summed E-state index contributed by atoms with van der Waals surface area (Å²) in [6, 6.07) is 0. The van der Waals surface area contributed by atoms with Crippen molar-refractivity contribution in [3.05, 3.63) is 11.7 Å². The van der Waals surface area contributed by atoms with Crippen LogP contribution in [0.3, 0.4) is 0 Å². The number of hydrogen-bond donors (Lipinski definition) is 2. The van der Waals surface area contributed by atoms with E-state index in [0.717, 1.165) is 0 Å². The van der Waals surface area contributed by atoms with Gasteiger partial charge < -0.3 is 14.9 Å². The lowest BCUT2D eigenvalue weighted by Crippen LogP contribution is -2.34. The molecule has 0 aliphatic heterocycles. The Bertz CT molecular complexity index is 402. The molecule has 2 N–H and O–H groups in total. The maximum atomic E-state index is 11.6. The van der Waals surface area contributed by atoms with Crippen LogP contribution in [0.1, 0.15) is 51.7 Å². The molecular weight excluding hydrogens is 246 g/mol. The molecule has 1 atom stereocenters. The first-order valence-electron chi connectivity index (χ1n) is 6.67.